The van der Waals surface area contributed by atoms with Gasteiger partial charge in [0.2, 0.25) is 0 Å². The number of fused-ring (bicyclic) bond motifs is 1. The lowest BCUT2D eigenvalue weighted by molar-refractivity contribution is 0.926. The van der Waals surface area contributed by atoms with Crippen molar-refractivity contribution in [3.05, 3.63) is 30.5 Å². The van der Waals surface area contributed by atoms with Crippen LogP contribution < -0.4 is 0 Å². The van der Waals surface area contributed by atoms with Crippen molar-refractivity contribution in [2.24, 2.45) is 0 Å². The molecule has 3 aromatic rings. The minimum Gasteiger partial charge on any atom is -0.320 e. The van der Waals surface area contributed by atoms with E-state index in [2.05, 4.69) is 29.9 Å². The molecule has 1 aliphatic rings. The number of aromatic amines is 1. The summed E-state index contributed by atoms with van der Waals surface area (Å²) in [5.74, 6) is 2.14. The Balaban J connectivity index is 1.83. The van der Waals surface area contributed by atoms with Gasteiger partial charge in [-0.2, -0.15) is 0 Å². The molecule has 1 aliphatic carbocycles. The Labute approximate surface area is 103 Å². The van der Waals surface area contributed by atoms with Crippen LogP contribution in [-0.2, 0) is 0 Å². The van der Waals surface area contributed by atoms with E-state index < -0.39 is 0 Å². The van der Waals surface area contributed by atoms with E-state index in [0.717, 1.165) is 11.5 Å². The van der Waals surface area contributed by atoms with Gasteiger partial charge < -0.3 is 4.98 Å². The molecule has 6 nitrogen and oxygen atoms in total. The second-order valence-corrected chi connectivity index (χ2v) is 4.39. The average Bonchev–Trinajstić information content (AvgIpc) is 3.18. The van der Waals surface area contributed by atoms with Gasteiger partial charge in [0.1, 0.15) is 11.5 Å². The predicted molar refractivity (Wildman–Crippen MR) is 64.7 cm³/mol. The summed E-state index contributed by atoms with van der Waals surface area (Å²) in [6.45, 7) is 0. The van der Waals surface area contributed by atoms with Crippen molar-refractivity contribution in [1.82, 2.24) is 29.9 Å². The first-order valence-electron chi connectivity index (χ1n) is 5.90. The standard InChI is InChI=1S/C12H10N6/c1-2-7(1)9-13-4-3-8(16-9)10-17-11-12(18-10)15-6-5-14-11/h3-7H,1-2H2,(H,14,15,17,18). The molecule has 0 radical (unpaired) electrons. The highest BCUT2D eigenvalue weighted by Gasteiger charge is 2.26. The Morgan fingerprint density at radius 2 is 1.89 bits per heavy atom. The number of hydrogen-bond acceptors (Lipinski definition) is 5. The van der Waals surface area contributed by atoms with Crippen LogP contribution in [0.25, 0.3) is 22.8 Å². The normalized spacial score (nSPS) is 15.1. The van der Waals surface area contributed by atoms with Gasteiger partial charge in [-0.15, -0.1) is 0 Å². The minimum absolute atomic E-state index is 0.533. The summed E-state index contributed by atoms with van der Waals surface area (Å²) < 4.78 is 0. The molecule has 1 fully saturated rings. The smallest absolute Gasteiger partial charge is 0.197 e. The molecule has 3 heterocycles. The van der Waals surface area contributed by atoms with E-state index >= 15 is 0 Å². The highest BCUT2D eigenvalue weighted by Crippen LogP contribution is 2.38. The molecule has 18 heavy (non-hydrogen) atoms. The summed E-state index contributed by atoms with van der Waals surface area (Å²) in [4.78, 5) is 24.7. The number of rotatable bonds is 2. The monoisotopic (exact) mass is 238 g/mol. The summed E-state index contributed by atoms with van der Waals surface area (Å²) in [5.41, 5.74) is 2.09. The summed E-state index contributed by atoms with van der Waals surface area (Å²) in [5, 5.41) is 0. The lowest BCUT2D eigenvalue weighted by Gasteiger charge is -1.98. The van der Waals surface area contributed by atoms with Crippen LogP contribution in [0.2, 0.25) is 0 Å². The largest absolute Gasteiger partial charge is 0.320 e. The van der Waals surface area contributed by atoms with Crippen molar-refractivity contribution in [3.63, 3.8) is 0 Å². The lowest BCUT2D eigenvalue weighted by atomic mass is 10.3. The maximum absolute atomic E-state index is 4.54. The van der Waals surface area contributed by atoms with Crippen molar-refractivity contribution in [3.8, 4) is 11.5 Å². The quantitative estimate of drug-likeness (QED) is 0.734. The predicted octanol–water partition coefficient (Wildman–Crippen LogP) is 1.69. The molecule has 0 spiro atoms. The van der Waals surface area contributed by atoms with Crippen molar-refractivity contribution in [1.29, 1.82) is 0 Å². The zero-order chi connectivity index (χ0) is 11.9. The zero-order valence-corrected chi connectivity index (χ0v) is 9.54. The van der Waals surface area contributed by atoms with Crippen LogP contribution in [0.15, 0.2) is 24.7 Å². The van der Waals surface area contributed by atoms with E-state index in [1.807, 2.05) is 6.07 Å². The molecule has 0 atom stereocenters. The maximum Gasteiger partial charge on any atom is 0.197 e. The molecule has 0 amide bonds. The number of H-pyrrole nitrogens is 1. The van der Waals surface area contributed by atoms with Gasteiger partial charge in [0, 0.05) is 24.5 Å². The van der Waals surface area contributed by atoms with Crippen LogP contribution in [0.3, 0.4) is 0 Å². The Bertz CT molecular complexity index is 682. The summed E-state index contributed by atoms with van der Waals surface area (Å²) >= 11 is 0. The average molecular weight is 238 g/mol. The third-order valence-corrected chi connectivity index (χ3v) is 2.99. The molecule has 0 unspecified atom stereocenters. The van der Waals surface area contributed by atoms with Gasteiger partial charge >= 0.3 is 0 Å². The van der Waals surface area contributed by atoms with Crippen LogP contribution >= 0.6 is 0 Å². The van der Waals surface area contributed by atoms with Crippen molar-refractivity contribution >= 4 is 11.3 Å². The van der Waals surface area contributed by atoms with Crippen LogP contribution in [0.4, 0.5) is 0 Å². The van der Waals surface area contributed by atoms with E-state index in [9.17, 15) is 0 Å². The molecule has 4 rings (SSSR count). The number of hydrogen-bond donors (Lipinski definition) is 1. The molecule has 1 N–H and O–H groups in total. The Morgan fingerprint density at radius 1 is 1.00 bits per heavy atom. The fourth-order valence-electron chi connectivity index (χ4n) is 1.91. The summed E-state index contributed by atoms with van der Waals surface area (Å²) in [6, 6.07) is 1.85. The fourth-order valence-corrected chi connectivity index (χ4v) is 1.91. The summed E-state index contributed by atoms with van der Waals surface area (Å²) in [7, 11) is 0. The highest BCUT2D eigenvalue weighted by molar-refractivity contribution is 5.70. The second kappa shape index (κ2) is 3.56. The first-order chi connectivity index (χ1) is 8.90. The molecule has 3 aromatic heterocycles. The van der Waals surface area contributed by atoms with Crippen molar-refractivity contribution < 1.29 is 0 Å². The molecule has 6 heteroatoms. The molecular weight excluding hydrogens is 228 g/mol. The Kier molecular flexibility index (Phi) is 1.91. The maximum atomic E-state index is 4.54. The van der Waals surface area contributed by atoms with E-state index in [1.165, 1.54) is 12.8 Å². The first-order valence-corrected chi connectivity index (χ1v) is 5.90. The van der Waals surface area contributed by atoms with Crippen molar-refractivity contribution in [2.45, 2.75) is 18.8 Å². The van der Waals surface area contributed by atoms with Gasteiger partial charge in [-0.25, -0.2) is 24.9 Å². The van der Waals surface area contributed by atoms with E-state index in [-0.39, 0.29) is 0 Å². The fraction of sp³-hybridized carbons (Fsp3) is 0.250. The van der Waals surface area contributed by atoms with E-state index in [4.69, 9.17) is 0 Å². The van der Waals surface area contributed by atoms with Crippen LogP contribution in [0.5, 0.6) is 0 Å². The number of aromatic nitrogens is 6. The van der Waals surface area contributed by atoms with Crippen molar-refractivity contribution in [2.75, 3.05) is 0 Å². The third-order valence-electron chi connectivity index (χ3n) is 2.99. The second-order valence-electron chi connectivity index (χ2n) is 4.39. The number of nitrogens with zero attached hydrogens (tertiary/aromatic N) is 5. The molecule has 0 aromatic carbocycles. The van der Waals surface area contributed by atoms with Gasteiger partial charge in [0.05, 0.1) is 0 Å². The Hall–Kier alpha value is -2.37. The van der Waals surface area contributed by atoms with Gasteiger partial charge in [-0.05, 0) is 18.9 Å². The minimum atomic E-state index is 0.533. The molecular formula is C12H10N6. The Morgan fingerprint density at radius 3 is 2.72 bits per heavy atom. The molecule has 0 bridgehead atoms. The van der Waals surface area contributed by atoms with Gasteiger partial charge in [0.15, 0.2) is 17.1 Å². The summed E-state index contributed by atoms with van der Waals surface area (Å²) in [6.07, 6.45) is 7.42. The van der Waals surface area contributed by atoms with Gasteiger partial charge in [-0.1, -0.05) is 0 Å². The lowest BCUT2D eigenvalue weighted by Crippen LogP contribution is -1.94. The topological polar surface area (TPSA) is 80.2 Å². The van der Waals surface area contributed by atoms with Crippen LogP contribution in [0, 0.1) is 0 Å². The molecule has 0 saturated heterocycles. The number of imidazole rings is 1. The van der Waals surface area contributed by atoms with Gasteiger partial charge in [0.25, 0.3) is 0 Å². The molecule has 1 saturated carbocycles. The van der Waals surface area contributed by atoms with E-state index in [0.29, 0.717) is 23.0 Å². The SMILES string of the molecule is c1cc(-c2nc3nccnc3[nH]2)nc(C2CC2)n1. The third kappa shape index (κ3) is 1.54. The van der Waals surface area contributed by atoms with Gasteiger partial charge in [-0.3, -0.25) is 0 Å². The first kappa shape index (κ1) is 9.64. The van der Waals surface area contributed by atoms with E-state index in [1.54, 1.807) is 18.6 Å². The zero-order valence-electron chi connectivity index (χ0n) is 9.54. The highest BCUT2D eigenvalue weighted by atomic mass is 15.1. The van der Waals surface area contributed by atoms with Crippen LogP contribution in [0.1, 0.15) is 24.6 Å². The molecule has 0 aliphatic heterocycles. The number of nitrogens with one attached hydrogen (secondary N) is 1. The molecule has 88 valence electrons. The van der Waals surface area contributed by atoms with Crippen LogP contribution in [-0.4, -0.2) is 29.9 Å².